The molecule has 0 aromatic heterocycles. The van der Waals surface area contributed by atoms with Crippen molar-refractivity contribution >= 4 is 18.0 Å². The molecule has 0 unspecified atom stereocenters. The Hall–Kier alpha value is -3.28. The van der Waals surface area contributed by atoms with Crippen LogP contribution in [0.2, 0.25) is 0 Å². The Morgan fingerprint density at radius 2 is 1.47 bits per heavy atom. The predicted octanol–water partition coefficient (Wildman–Crippen LogP) is 4.07. The van der Waals surface area contributed by atoms with E-state index in [1.54, 1.807) is 64.5 Å². The Bertz CT molecular complexity index is 852. The van der Waals surface area contributed by atoms with Gasteiger partial charge in [-0.05, 0) is 49.2 Å². The largest absolute Gasteiger partial charge is 0.497 e. The average molecular weight is 412 g/mol. The first-order valence-electron chi connectivity index (χ1n) is 9.79. The molecule has 30 heavy (non-hydrogen) atoms. The summed E-state index contributed by atoms with van der Waals surface area (Å²) in [7, 11) is 3.15. The summed E-state index contributed by atoms with van der Waals surface area (Å²) in [6, 6.07) is 14.5. The summed E-state index contributed by atoms with van der Waals surface area (Å²) in [5.41, 5.74) is -0.0764. The lowest BCUT2D eigenvalue weighted by Crippen LogP contribution is -2.42. The van der Waals surface area contributed by atoms with Crippen LogP contribution in [0.15, 0.2) is 54.6 Å². The second-order valence-electron chi connectivity index (χ2n) is 6.55. The van der Waals surface area contributed by atoms with Crippen LogP contribution in [0.1, 0.15) is 25.0 Å². The first-order chi connectivity index (χ1) is 14.5. The molecule has 0 N–H and O–H groups in total. The lowest BCUT2D eigenvalue weighted by atomic mass is 9.80. The molecular weight excluding hydrogens is 384 g/mol. The number of benzene rings is 2. The highest BCUT2D eigenvalue weighted by Gasteiger charge is 2.47. The summed E-state index contributed by atoms with van der Waals surface area (Å²) in [5, 5.41) is 0. The number of ether oxygens (including phenoxy) is 4. The molecule has 0 spiro atoms. The fourth-order valence-corrected chi connectivity index (χ4v) is 3.00. The van der Waals surface area contributed by atoms with Gasteiger partial charge in [0.25, 0.3) is 0 Å². The SMILES string of the molecule is CCOC(=O)C(/C=C/c1ccc(OC)cc1)(Cc1cccc(OC)c1)C(=O)OCC. The summed E-state index contributed by atoms with van der Waals surface area (Å²) in [5.74, 6) is 0.0332. The molecule has 0 saturated heterocycles. The topological polar surface area (TPSA) is 71.1 Å². The summed E-state index contributed by atoms with van der Waals surface area (Å²) < 4.78 is 21.0. The molecule has 2 aromatic rings. The lowest BCUT2D eigenvalue weighted by molar-refractivity contribution is -0.167. The van der Waals surface area contributed by atoms with Crippen LogP contribution in [0.4, 0.5) is 0 Å². The zero-order chi connectivity index (χ0) is 22.0. The van der Waals surface area contributed by atoms with Crippen molar-refractivity contribution < 1.29 is 28.5 Å². The maximum Gasteiger partial charge on any atom is 0.327 e. The average Bonchev–Trinajstić information content (AvgIpc) is 2.77. The predicted molar refractivity (Wildman–Crippen MR) is 114 cm³/mol. The van der Waals surface area contributed by atoms with Gasteiger partial charge in [0, 0.05) is 6.42 Å². The third-order valence-corrected chi connectivity index (χ3v) is 4.57. The summed E-state index contributed by atoms with van der Waals surface area (Å²) in [4.78, 5) is 26.1. The summed E-state index contributed by atoms with van der Waals surface area (Å²) in [6.07, 6.45) is 3.35. The van der Waals surface area contributed by atoms with Crippen LogP contribution in [-0.2, 0) is 25.5 Å². The normalized spacial score (nSPS) is 11.2. The molecule has 2 aromatic carbocycles. The molecule has 0 radical (unpaired) electrons. The Morgan fingerprint density at radius 1 is 0.867 bits per heavy atom. The number of carbonyl (C=O) groups excluding carboxylic acids is 2. The number of methoxy groups -OCH3 is 2. The van der Waals surface area contributed by atoms with Gasteiger partial charge < -0.3 is 18.9 Å². The molecule has 0 atom stereocenters. The standard InChI is InChI=1S/C24H28O6/c1-5-29-22(25)24(23(26)30-6-2,17-19-8-7-9-21(16-19)28-4)15-14-18-10-12-20(27-3)13-11-18/h7-16H,5-6,17H2,1-4H3/b15-14+. The van der Waals surface area contributed by atoms with Gasteiger partial charge in [-0.15, -0.1) is 0 Å². The van der Waals surface area contributed by atoms with E-state index in [1.165, 1.54) is 0 Å². The maximum absolute atomic E-state index is 13.0. The minimum Gasteiger partial charge on any atom is -0.497 e. The van der Waals surface area contributed by atoms with Gasteiger partial charge in [-0.1, -0.05) is 36.4 Å². The molecule has 0 aliphatic rings. The molecule has 0 heterocycles. The molecule has 160 valence electrons. The van der Waals surface area contributed by atoms with Crippen molar-refractivity contribution in [2.75, 3.05) is 27.4 Å². The molecule has 0 amide bonds. The highest BCUT2D eigenvalue weighted by molar-refractivity contribution is 6.03. The van der Waals surface area contributed by atoms with Gasteiger partial charge >= 0.3 is 11.9 Å². The van der Waals surface area contributed by atoms with Crippen LogP contribution in [0, 0.1) is 5.41 Å². The van der Waals surface area contributed by atoms with E-state index in [0.717, 1.165) is 11.1 Å². The van der Waals surface area contributed by atoms with Gasteiger partial charge in [-0.25, -0.2) is 0 Å². The van der Waals surface area contributed by atoms with Crippen LogP contribution in [0.3, 0.4) is 0 Å². The van der Waals surface area contributed by atoms with Gasteiger partial charge in [0.2, 0.25) is 0 Å². The minimum atomic E-state index is -1.63. The van der Waals surface area contributed by atoms with Gasteiger partial charge in [-0.3, -0.25) is 9.59 Å². The first kappa shape index (κ1) is 23.0. The molecule has 0 aliphatic heterocycles. The first-order valence-corrected chi connectivity index (χ1v) is 9.79. The molecule has 0 saturated carbocycles. The number of esters is 2. The Kier molecular flexibility index (Phi) is 8.47. The Morgan fingerprint density at radius 3 is 2.00 bits per heavy atom. The van der Waals surface area contributed by atoms with Gasteiger partial charge in [-0.2, -0.15) is 0 Å². The van der Waals surface area contributed by atoms with Gasteiger partial charge in [0.1, 0.15) is 11.5 Å². The number of hydrogen-bond donors (Lipinski definition) is 0. The highest BCUT2D eigenvalue weighted by atomic mass is 16.6. The van der Waals surface area contributed by atoms with E-state index >= 15 is 0 Å². The van der Waals surface area contributed by atoms with Crippen LogP contribution in [0.5, 0.6) is 11.5 Å². The molecule has 6 nitrogen and oxygen atoms in total. The molecule has 0 aliphatic carbocycles. The molecule has 0 fully saturated rings. The van der Waals surface area contributed by atoms with E-state index in [0.29, 0.717) is 11.5 Å². The number of carbonyl (C=O) groups is 2. The zero-order valence-corrected chi connectivity index (χ0v) is 17.8. The third-order valence-electron chi connectivity index (χ3n) is 4.57. The molecular formula is C24H28O6. The van der Waals surface area contributed by atoms with E-state index in [2.05, 4.69) is 0 Å². The fraction of sp³-hybridized carbons (Fsp3) is 0.333. The van der Waals surface area contributed by atoms with Crippen molar-refractivity contribution in [1.29, 1.82) is 0 Å². The quantitative estimate of drug-likeness (QED) is 0.433. The van der Waals surface area contributed by atoms with Crippen molar-refractivity contribution in [3.05, 3.63) is 65.7 Å². The second-order valence-corrected chi connectivity index (χ2v) is 6.55. The smallest absolute Gasteiger partial charge is 0.327 e. The van der Waals surface area contributed by atoms with Crippen LogP contribution in [0.25, 0.3) is 6.08 Å². The Balaban J connectivity index is 2.51. The van der Waals surface area contributed by atoms with Gasteiger partial charge in [0.15, 0.2) is 5.41 Å². The van der Waals surface area contributed by atoms with Crippen molar-refractivity contribution in [1.82, 2.24) is 0 Å². The van der Waals surface area contributed by atoms with Crippen LogP contribution in [-0.4, -0.2) is 39.4 Å². The van der Waals surface area contributed by atoms with E-state index in [4.69, 9.17) is 18.9 Å². The minimum absolute atomic E-state index is 0.0779. The van der Waals surface area contributed by atoms with E-state index in [1.807, 2.05) is 24.3 Å². The highest BCUT2D eigenvalue weighted by Crippen LogP contribution is 2.31. The van der Waals surface area contributed by atoms with Crippen molar-refractivity contribution in [3.63, 3.8) is 0 Å². The fourth-order valence-electron chi connectivity index (χ4n) is 3.00. The zero-order valence-electron chi connectivity index (χ0n) is 17.8. The monoisotopic (exact) mass is 412 g/mol. The van der Waals surface area contributed by atoms with Crippen molar-refractivity contribution in [2.45, 2.75) is 20.3 Å². The summed E-state index contributed by atoms with van der Waals surface area (Å²) in [6.45, 7) is 3.70. The second kappa shape index (κ2) is 11.0. The van der Waals surface area contributed by atoms with Crippen molar-refractivity contribution in [3.8, 4) is 11.5 Å². The Labute approximate surface area is 177 Å². The lowest BCUT2D eigenvalue weighted by Gasteiger charge is -2.26. The van der Waals surface area contributed by atoms with Gasteiger partial charge in [0.05, 0.1) is 27.4 Å². The van der Waals surface area contributed by atoms with E-state index in [9.17, 15) is 9.59 Å². The van der Waals surface area contributed by atoms with Crippen molar-refractivity contribution in [2.24, 2.45) is 5.41 Å². The molecule has 2 rings (SSSR count). The molecule has 6 heteroatoms. The number of hydrogen-bond acceptors (Lipinski definition) is 6. The third kappa shape index (κ3) is 5.63. The summed E-state index contributed by atoms with van der Waals surface area (Å²) >= 11 is 0. The number of rotatable bonds is 10. The van der Waals surface area contributed by atoms with E-state index < -0.39 is 17.4 Å². The maximum atomic E-state index is 13.0. The molecule has 0 bridgehead atoms. The van der Waals surface area contributed by atoms with Crippen LogP contribution < -0.4 is 9.47 Å². The van der Waals surface area contributed by atoms with Crippen LogP contribution >= 0.6 is 0 Å². The van der Waals surface area contributed by atoms with E-state index in [-0.39, 0.29) is 19.6 Å².